The van der Waals surface area contributed by atoms with Crippen molar-refractivity contribution < 1.29 is 14.6 Å². The summed E-state index contributed by atoms with van der Waals surface area (Å²) in [4.78, 5) is 25.1. The van der Waals surface area contributed by atoms with E-state index in [0.29, 0.717) is 11.8 Å². The number of hydrogen-bond acceptors (Lipinski definition) is 4. The number of pyridine rings is 1. The zero-order valence-electron chi connectivity index (χ0n) is 18.7. The summed E-state index contributed by atoms with van der Waals surface area (Å²) in [5.74, 6) is 0.456. The van der Waals surface area contributed by atoms with E-state index in [-0.39, 0.29) is 11.5 Å². The van der Waals surface area contributed by atoms with Gasteiger partial charge in [0.05, 0.1) is 13.0 Å². The molecule has 2 aromatic carbocycles. The number of fused-ring (bicyclic) bond motifs is 1. The number of benzene rings is 2. The van der Waals surface area contributed by atoms with E-state index in [2.05, 4.69) is 6.92 Å². The molecule has 0 bridgehead atoms. The summed E-state index contributed by atoms with van der Waals surface area (Å²) in [6.07, 6.45) is 2.54. The van der Waals surface area contributed by atoms with Gasteiger partial charge in [-0.05, 0) is 55.0 Å². The fraction of sp³-hybridized carbons (Fsp3) is 0.360. The van der Waals surface area contributed by atoms with Gasteiger partial charge < -0.3 is 19.2 Å². The van der Waals surface area contributed by atoms with Gasteiger partial charge in [0.2, 0.25) is 0 Å². The van der Waals surface area contributed by atoms with Gasteiger partial charge in [-0.1, -0.05) is 37.1 Å². The highest BCUT2D eigenvalue weighted by molar-refractivity contribution is 5.99. The molecule has 1 aromatic heterocycles. The van der Waals surface area contributed by atoms with Crippen LogP contribution in [0.2, 0.25) is 0 Å². The third-order valence-corrected chi connectivity index (χ3v) is 5.42. The average Bonchev–Trinajstić information content (AvgIpc) is 2.76. The Morgan fingerprint density at radius 1 is 1.10 bits per heavy atom. The Kier molecular flexibility index (Phi) is 7.95. The zero-order chi connectivity index (χ0) is 22.4. The highest BCUT2D eigenvalue weighted by Gasteiger charge is 2.23. The quantitative estimate of drug-likeness (QED) is 0.608. The number of carbonyl (C=O) groups excluding carboxylic acids is 1. The molecule has 3 aromatic rings. The lowest BCUT2D eigenvalue weighted by Crippen LogP contribution is -2.24. The van der Waals surface area contributed by atoms with E-state index in [9.17, 15) is 9.59 Å². The minimum atomic E-state index is -0.330. The SMILES string of the molecule is CCCC(C=O)c1c(-c2ccc(OC)cc2C)c2cc(C)ccc2c(=O)n1C.CO. The molecule has 3 rings (SSSR count). The van der Waals surface area contributed by atoms with Crippen LogP contribution in [0, 0.1) is 13.8 Å². The first-order valence-corrected chi connectivity index (χ1v) is 10.1. The molecule has 1 unspecified atom stereocenters. The van der Waals surface area contributed by atoms with E-state index in [4.69, 9.17) is 9.84 Å². The van der Waals surface area contributed by atoms with Crippen LogP contribution >= 0.6 is 0 Å². The first-order chi connectivity index (χ1) is 14.4. The number of carbonyl (C=O) groups is 1. The van der Waals surface area contributed by atoms with E-state index in [1.807, 2.05) is 50.2 Å². The topological polar surface area (TPSA) is 68.5 Å². The first kappa shape index (κ1) is 23.4. The number of aliphatic hydroxyl groups excluding tert-OH is 1. The Morgan fingerprint density at radius 2 is 1.80 bits per heavy atom. The van der Waals surface area contributed by atoms with Crippen LogP contribution in [-0.2, 0) is 11.8 Å². The summed E-state index contributed by atoms with van der Waals surface area (Å²) in [7, 11) is 4.42. The second kappa shape index (κ2) is 10.2. The maximum atomic E-state index is 13.1. The van der Waals surface area contributed by atoms with E-state index in [0.717, 1.165) is 58.9 Å². The number of aldehydes is 1. The molecular formula is C25H31NO4. The van der Waals surface area contributed by atoms with Crippen molar-refractivity contribution in [3.05, 3.63) is 63.6 Å². The van der Waals surface area contributed by atoms with Gasteiger partial charge in [0.15, 0.2) is 0 Å². The van der Waals surface area contributed by atoms with Crippen molar-refractivity contribution in [3.8, 4) is 16.9 Å². The minimum Gasteiger partial charge on any atom is -0.497 e. The number of aliphatic hydroxyl groups is 1. The molecule has 0 aliphatic carbocycles. The molecule has 0 saturated heterocycles. The molecule has 1 heterocycles. The molecule has 5 heteroatoms. The Labute approximate surface area is 177 Å². The van der Waals surface area contributed by atoms with Crippen molar-refractivity contribution in [1.82, 2.24) is 4.57 Å². The van der Waals surface area contributed by atoms with E-state index < -0.39 is 0 Å². The van der Waals surface area contributed by atoms with Gasteiger partial charge in [0.25, 0.3) is 5.56 Å². The maximum absolute atomic E-state index is 13.1. The van der Waals surface area contributed by atoms with Gasteiger partial charge in [0.1, 0.15) is 12.0 Å². The van der Waals surface area contributed by atoms with Crippen LogP contribution in [-0.4, -0.2) is 30.2 Å². The normalized spacial score (nSPS) is 11.6. The molecule has 1 N–H and O–H groups in total. The summed E-state index contributed by atoms with van der Waals surface area (Å²) < 4.78 is 7.02. The van der Waals surface area contributed by atoms with Crippen molar-refractivity contribution in [3.63, 3.8) is 0 Å². The van der Waals surface area contributed by atoms with Crippen molar-refractivity contribution >= 4 is 17.1 Å². The number of rotatable bonds is 6. The van der Waals surface area contributed by atoms with Crippen molar-refractivity contribution in [2.75, 3.05) is 14.2 Å². The highest BCUT2D eigenvalue weighted by atomic mass is 16.5. The molecule has 0 saturated carbocycles. The lowest BCUT2D eigenvalue weighted by molar-refractivity contribution is -0.109. The van der Waals surface area contributed by atoms with E-state index in [1.165, 1.54) is 0 Å². The Morgan fingerprint density at radius 3 is 2.37 bits per heavy atom. The van der Waals surface area contributed by atoms with Crippen LogP contribution in [0.1, 0.15) is 42.5 Å². The van der Waals surface area contributed by atoms with Gasteiger partial charge in [-0.25, -0.2) is 0 Å². The number of nitrogens with zero attached hydrogens (tertiary/aromatic N) is 1. The number of methoxy groups -OCH3 is 1. The average molecular weight is 410 g/mol. The third-order valence-electron chi connectivity index (χ3n) is 5.42. The number of aromatic nitrogens is 1. The number of aryl methyl sites for hydroxylation is 2. The van der Waals surface area contributed by atoms with Gasteiger partial charge in [0, 0.05) is 30.8 Å². The Hall–Kier alpha value is -2.92. The predicted molar refractivity (Wildman–Crippen MR) is 123 cm³/mol. The van der Waals surface area contributed by atoms with Crippen LogP contribution in [0.25, 0.3) is 21.9 Å². The van der Waals surface area contributed by atoms with E-state index in [1.54, 1.807) is 18.7 Å². The van der Waals surface area contributed by atoms with E-state index >= 15 is 0 Å². The summed E-state index contributed by atoms with van der Waals surface area (Å²) >= 11 is 0. The van der Waals surface area contributed by atoms with Crippen LogP contribution in [0.5, 0.6) is 5.75 Å². The molecule has 5 nitrogen and oxygen atoms in total. The Balaban J connectivity index is 0.00000155. The first-order valence-electron chi connectivity index (χ1n) is 10.1. The number of ether oxygens (including phenoxy) is 1. The molecule has 0 spiro atoms. The lowest BCUT2D eigenvalue weighted by atomic mass is 9.87. The molecule has 0 aliphatic rings. The smallest absolute Gasteiger partial charge is 0.258 e. The largest absolute Gasteiger partial charge is 0.497 e. The zero-order valence-corrected chi connectivity index (χ0v) is 18.7. The van der Waals surface area contributed by atoms with Crippen molar-refractivity contribution in [2.45, 2.75) is 39.5 Å². The molecule has 0 aliphatic heterocycles. The molecule has 0 radical (unpaired) electrons. The second-order valence-electron chi connectivity index (χ2n) is 7.39. The van der Waals surface area contributed by atoms with Gasteiger partial charge in [-0.3, -0.25) is 4.79 Å². The standard InChI is InChI=1S/C24H27NO3.CH4O/c1-6-7-17(14-26)23-22(19-11-9-18(28-5)13-16(19)3)21-12-15(2)8-10-20(21)24(27)25(23)4;1-2/h8-14,17H,6-7H2,1-5H3;2H,1H3. The summed E-state index contributed by atoms with van der Waals surface area (Å²) in [6, 6.07) is 11.8. The third kappa shape index (κ3) is 4.31. The number of hydrogen-bond donors (Lipinski definition) is 1. The summed E-state index contributed by atoms with van der Waals surface area (Å²) in [5, 5.41) is 8.57. The minimum absolute atomic E-state index is 0.0668. The summed E-state index contributed by atoms with van der Waals surface area (Å²) in [5.41, 5.74) is 4.83. The lowest BCUT2D eigenvalue weighted by Gasteiger charge is -2.23. The van der Waals surface area contributed by atoms with Crippen molar-refractivity contribution in [2.24, 2.45) is 7.05 Å². The Bertz CT molecular complexity index is 1100. The van der Waals surface area contributed by atoms with Gasteiger partial charge in [-0.15, -0.1) is 0 Å². The summed E-state index contributed by atoms with van der Waals surface area (Å²) in [6.45, 7) is 6.10. The van der Waals surface area contributed by atoms with Gasteiger partial charge >= 0.3 is 0 Å². The fourth-order valence-corrected chi connectivity index (χ4v) is 3.99. The molecule has 0 fully saturated rings. The molecule has 1 atom stereocenters. The monoisotopic (exact) mass is 409 g/mol. The molecule has 0 amide bonds. The fourth-order valence-electron chi connectivity index (χ4n) is 3.99. The van der Waals surface area contributed by atoms with Gasteiger partial charge in [-0.2, -0.15) is 0 Å². The molecule has 30 heavy (non-hydrogen) atoms. The van der Waals surface area contributed by atoms with Crippen molar-refractivity contribution in [1.29, 1.82) is 0 Å². The highest BCUT2D eigenvalue weighted by Crippen LogP contribution is 2.38. The second-order valence-corrected chi connectivity index (χ2v) is 7.39. The van der Waals surface area contributed by atoms with Crippen LogP contribution in [0.4, 0.5) is 0 Å². The molecule has 160 valence electrons. The van der Waals surface area contributed by atoms with Crippen LogP contribution < -0.4 is 10.3 Å². The predicted octanol–water partition coefficient (Wildman–Crippen LogP) is 4.52. The molecular weight excluding hydrogens is 378 g/mol. The maximum Gasteiger partial charge on any atom is 0.258 e. The van der Waals surface area contributed by atoms with Crippen LogP contribution in [0.15, 0.2) is 41.2 Å². The van der Waals surface area contributed by atoms with Crippen LogP contribution in [0.3, 0.4) is 0 Å².